The average Bonchev–Trinajstić information content (AvgIpc) is 2.73. The fourth-order valence-electron chi connectivity index (χ4n) is 3.62. The highest BCUT2D eigenvalue weighted by Crippen LogP contribution is 2.32. The van der Waals surface area contributed by atoms with E-state index >= 15 is 0 Å². The number of methoxy groups -OCH3 is 1. The zero-order valence-electron chi connectivity index (χ0n) is 18.7. The van der Waals surface area contributed by atoms with Crippen LogP contribution in [0.15, 0.2) is 47.4 Å². The van der Waals surface area contributed by atoms with Crippen molar-refractivity contribution in [2.75, 3.05) is 25.5 Å². The summed E-state index contributed by atoms with van der Waals surface area (Å²) in [5.74, 6) is -1.25. The minimum absolute atomic E-state index is 0.0244. The highest BCUT2D eigenvalue weighted by atomic mass is 32.2. The molecule has 1 saturated heterocycles. The van der Waals surface area contributed by atoms with Crippen LogP contribution < -0.4 is 10.1 Å². The summed E-state index contributed by atoms with van der Waals surface area (Å²) in [5.41, 5.74) is -0.0686. The third kappa shape index (κ3) is 4.95. The Bertz CT molecular complexity index is 1090. The largest absolute Gasteiger partial charge is 0.495 e. The molecule has 0 aliphatic carbocycles. The van der Waals surface area contributed by atoms with Crippen molar-refractivity contribution >= 4 is 21.6 Å². The van der Waals surface area contributed by atoms with Gasteiger partial charge in [-0.2, -0.15) is 4.31 Å². The lowest BCUT2D eigenvalue weighted by Crippen LogP contribution is -2.52. The molecule has 1 heterocycles. The minimum Gasteiger partial charge on any atom is -0.495 e. The van der Waals surface area contributed by atoms with Crippen LogP contribution >= 0.6 is 0 Å². The standard InChI is InChI=1S/C23H29FN2O5S/c1-22(2,3)16-5-8-18(9-6-16)25-21(27)23(28)11-13-26(14-12-23)32(29,30)20-15-17(24)7-10-19(20)31-4/h5-10,15,28H,11-14H2,1-4H3,(H,25,27). The van der Waals surface area contributed by atoms with E-state index < -0.39 is 27.3 Å². The van der Waals surface area contributed by atoms with Crippen LogP contribution in [0.2, 0.25) is 0 Å². The van der Waals surface area contributed by atoms with Crippen LogP contribution in [0.3, 0.4) is 0 Å². The second-order valence-corrected chi connectivity index (χ2v) is 10.9. The molecule has 1 aliphatic heterocycles. The maximum atomic E-state index is 13.7. The number of ether oxygens (including phenoxy) is 1. The predicted octanol–water partition coefficient (Wildman–Crippen LogP) is 3.29. The molecule has 2 aromatic carbocycles. The molecule has 2 aromatic rings. The number of hydrogen-bond donors (Lipinski definition) is 2. The SMILES string of the molecule is COc1ccc(F)cc1S(=O)(=O)N1CCC(O)(C(=O)Nc2ccc(C(C)(C)C)cc2)CC1. The normalized spacial score (nSPS) is 17.1. The molecule has 1 amide bonds. The lowest BCUT2D eigenvalue weighted by molar-refractivity contribution is -0.137. The number of nitrogens with one attached hydrogen (secondary N) is 1. The molecule has 0 aromatic heterocycles. The summed E-state index contributed by atoms with van der Waals surface area (Å²) in [4.78, 5) is 12.5. The van der Waals surface area contributed by atoms with Gasteiger partial charge in [0, 0.05) is 18.8 Å². The van der Waals surface area contributed by atoms with E-state index in [9.17, 15) is 22.7 Å². The van der Waals surface area contributed by atoms with E-state index in [0.29, 0.717) is 5.69 Å². The van der Waals surface area contributed by atoms with E-state index in [1.807, 2.05) is 12.1 Å². The second kappa shape index (κ2) is 8.80. The van der Waals surface area contributed by atoms with Gasteiger partial charge < -0.3 is 15.2 Å². The van der Waals surface area contributed by atoms with Gasteiger partial charge in [-0.25, -0.2) is 12.8 Å². The molecule has 174 valence electrons. The Labute approximate surface area is 188 Å². The Hall–Kier alpha value is -2.49. The predicted molar refractivity (Wildman–Crippen MR) is 120 cm³/mol. The highest BCUT2D eigenvalue weighted by Gasteiger charge is 2.43. The van der Waals surface area contributed by atoms with Crippen molar-refractivity contribution in [3.05, 3.63) is 53.8 Å². The van der Waals surface area contributed by atoms with Crippen LogP contribution in [0.4, 0.5) is 10.1 Å². The van der Waals surface area contributed by atoms with E-state index in [1.54, 1.807) is 12.1 Å². The Balaban J connectivity index is 1.70. The molecular weight excluding hydrogens is 435 g/mol. The smallest absolute Gasteiger partial charge is 0.256 e. The van der Waals surface area contributed by atoms with Gasteiger partial charge >= 0.3 is 0 Å². The summed E-state index contributed by atoms with van der Waals surface area (Å²) < 4.78 is 45.9. The van der Waals surface area contributed by atoms with Gasteiger partial charge in [-0.05, 0) is 54.2 Å². The number of carbonyl (C=O) groups is 1. The van der Waals surface area contributed by atoms with Gasteiger partial charge in [0.05, 0.1) is 7.11 Å². The monoisotopic (exact) mass is 464 g/mol. The van der Waals surface area contributed by atoms with E-state index in [1.165, 1.54) is 13.2 Å². The van der Waals surface area contributed by atoms with E-state index in [-0.39, 0.29) is 42.0 Å². The zero-order valence-corrected chi connectivity index (χ0v) is 19.5. The van der Waals surface area contributed by atoms with Gasteiger partial charge in [-0.15, -0.1) is 0 Å². The second-order valence-electron chi connectivity index (χ2n) is 9.01. The fourth-order valence-corrected chi connectivity index (χ4v) is 5.22. The first-order valence-electron chi connectivity index (χ1n) is 10.3. The van der Waals surface area contributed by atoms with E-state index in [2.05, 4.69) is 26.1 Å². The number of hydrogen-bond acceptors (Lipinski definition) is 5. The number of nitrogens with zero attached hydrogens (tertiary/aromatic N) is 1. The molecule has 0 bridgehead atoms. The fraction of sp³-hybridized carbons (Fsp3) is 0.435. The molecule has 0 saturated carbocycles. The van der Waals surface area contributed by atoms with Crippen molar-refractivity contribution in [2.45, 2.75) is 49.5 Å². The summed E-state index contributed by atoms with van der Waals surface area (Å²) in [6, 6.07) is 10.7. The van der Waals surface area contributed by atoms with Crippen LogP contribution in [0.5, 0.6) is 5.75 Å². The summed E-state index contributed by atoms with van der Waals surface area (Å²) in [5, 5.41) is 13.6. The van der Waals surface area contributed by atoms with E-state index in [0.717, 1.165) is 22.0 Å². The molecule has 1 aliphatic rings. The first kappa shape index (κ1) is 24.2. The van der Waals surface area contributed by atoms with Crippen LogP contribution in [-0.4, -0.2) is 49.5 Å². The molecule has 2 N–H and O–H groups in total. The lowest BCUT2D eigenvalue weighted by atomic mass is 9.87. The van der Waals surface area contributed by atoms with Crippen LogP contribution in [0, 0.1) is 5.82 Å². The maximum Gasteiger partial charge on any atom is 0.256 e. The zero-order chi connectivity index (χ0) is 23.7. The van der Waals surface area contributed by atoms with Crippen LogP contribution in [-0.2, 0) is 20.2 Å². The number of carbonyl (C=O) groups excluding carboxylic acids is 1. The molecule has 0 radical (unpaired) electrons. The van der Waals surface area contributed by atoms with Crippen molar-refractivity contribution in [1.82, 2.24) is 4.31 Å². The van der Waals surface area contributed by atoms with Crippen molar-refractivity contribution in [3.63, 3.8) is 0 Å². The summed E-state index contributed by atoms with van der Waals surface area (Å²) in [6.45, 7) is 6.09. The number of sulfonamides is 1. The van der Waals surface area contributed by atoms with Gasteiger partial charge in [-0.1, -0.05) is 32.9 Å². The van der Waals surface area contributed by atoms with Gasteiger partial charge in [0.1, 0.15) is 22.1 Å². The van der Waals surface area contributed by atoms with Gasteiger partial charge in [-0.3, -0.25) is 4.79 Å². The number of amides is 1. The minimum atomic E-state index is -4.06. The number of benzene rings is 2. The molecule has 3 rings (SSSR count). The Kier molecular flexibility index (Phi) is 6.65. The Morgan fingerprint density at radius 2 is 1.72 bits per heavy atom. The number of anilines is 1. The molecule has 7 nitrogen and oxygen atoms in total. The quantitative estimate of drug-likeness (QED) is 0.708. The van der Waals surface area contributed by atoms with E-state index in [4.69, 9.17) is 4.74 Å². The first-order valence-corrected chi connectivity index (χ1v) is 11.8. The number of piperidine rings is 1. The topological polar surface area (TPSA) is 95.9 Å². The van der Waals surface area contributed by atoms with Crippen LogP contribution in [0.25, 0.3) is 0 Å². The average molecular weight is 465 g/mol. The molecule has 32 heavy (non-hydrogen) atoms. The molecule has 9 heteroatoms. The number of rotatable bonds is 5. The van der Waals surface area contributed by atoms with Crippen molar-refractivity contribution in [3.8, 4) is 5.75 Å². The maximum absolute atomic E-state index is 13.7. The molecule has 0 atom stereocenters. The van der Waals surface area contributed by atoms with Gasteiger partial charge in [0.2, 0.25) is 10.0 Å². The molecular formula is C23H29FN2O5S. The number of halogens is 1. The molecule has 0 unspecified atom stereocenters. The molecule has 1 fully saturated rings. The summed E-state index contributed by atoms with van der Waals surface area (Å²) >= 11 is 0. The first-order chi connectivity index (χ1) is 14.9. The van der Waals surface area contributed by atoms with Crippen molar-refractivity contribution in [1.29, 1.82) is 0 Å². The lowest BCUT2D eigenvalue weighted by Gasteiger charge is -2.36. The third-order valence-electron chi connectivity index (χ3n) is 5.72. The van der Waals surface area contributed by atoms with Gasteiger partial charge in [0.25, 0.3) is 5.91 Å². The van der Waals surface area contributed by atoms with Crippen molar-refractivity contribution in [2.24, 2.45) is 0 Å². The van der Waals surface area contributed by atoms with Crippen LogP contribution in [0.1, 0.15) is 39.2 Å². The summed E-state index contributed by atoms with van der Waals surface area (Å²) in [7, 11) is -2.75. The van der Waals surface area contributed by atoms with Gasteiger partial charge in [0.15, 0.2) is 0 Å². The Morgan fingerprint density at radius 1 is 1.12 bits per heavy atom. The third-order valence-corrected chi connectivity index (χ3v) is 7.64. The molecule has 0 spiro atoms. The van der Waals surface area contributed by atoms with Crippen molar-refractivity contribution < 1.29 is 27.4 Å². The summed E-state index contributed by atoms with van der Waals surface area (Å²) in [6.07, 6.45) is -0.175. The number of aliphatic hydroxyl groups is 1. The Morgan fingerprint density at radius 3 is 2.25 bits per heavy atom. The highest BCUT2D eigenvalue weighted by molar-refractivity contribution is 7.89.